The summed E-state index contributed by atoms with van der Waals surface area (Å²) in [4.78, 5) is 14.9. The van der Waals surface area contributed by atoms with E-state index in [-0.39, 0.29) is 5.91 Å². The van der Waals surface area contributed by atoms with Crippen molar-refractivity contribution >= 4 is 27.3 Å². The van der Waals surface area contributed by atoms with Crippen molar-refractivity contribution in [3.63, 3.8) is 0 Å². The summed E-state index contributed by atoms with van der Waals surface area (Å²) >= 11 is 0. The van der Waals surface area contributed by atoms with Crippen LogP contribution in [0.15, 0.2) is 54.6 Å². The van der Waals surface area contributed by atoms with Gasteiger partial charge in [-0.05, 0) is 42.7 Å². The highest BCUT2D eigenvalue weighted by Gasteiger charge is 2.27. The standard InChI is InChI=1S/C19H23N3O3S/c1-26(24,25)21-17-11-9-16(10-12-17)20-18(15-7-3-2-4-8-15)19(23)22-13-5-6-14-22/h2-4,7-12,18,20-21H,5-6,13-14H2,1H3/t18-/m1/s1. The van der Waals surface area contributed by atoms with E-state index in [4.69, 9.17) is 0 Å². The second kappa shape index (κ2) is 7.78. The van der Waals surface area contributed by atoms with E-state index in [1.165, 1.54) is 0 Å². The minimum absolute atomic E-state index is 0.0621. The van der Waals surface area contributed by atoms with E-state index < -0.39 is 16.1 Å². The molecule has 0 aliphatic carbocycles. The third-order valence-corrected chi connectivity index (χ3v) is 4.90. The SMILES string of the molecule is CS(=O)(=O)Nc1ccc(N[C@@H](C(=O)N2CCCC2)c2ccccc2)cc1. The van der Waals surface area contributed by atoms with Crippen LogP contribution in [0.2, 0.25) is 0 Å². The second-order valence-corrected chi connectivity index (χ2v) is 8.22. The molecule has 1 aliphatic heterocycles. The number of carbonyl (C=O) groups excluding carboxylic acids is 1. The van der Waals surface area contributed by atoms with Crippen LogP contribution in [-0.2, 0) is 14.8 Å². The number of sulfonamides is 1. The number of nitrogens with zero attached hydrogens (tertiary/aromatic N) is 1. The van der Waals surface area contributed by atoms with Crippen molar-refractivity contribution < 1.29 is 13.2 Å². The van der Waals surface area contributed by atoms with Gasteiger partial charge >= 0.3 is 0 Å². The molecule has 2 aromatic rings. The van der Waals surface area contributed by atoms with Crippen molar-refractivity contribution in [2.75, 3.05) is 29.4 Å². The zero-order valence-corrected chi connectivity index (χ0v) is 15.5. The van der Waals surface area contributed by atoms with Gasteiger partial charge in [-0.25, -0.2) is 8.42 Å². The zero-order chi connectivity index (χ0) is 18.6. The molecule has 1 heterocycles. The minimum Gasteiger partial charge on any atom is -0.370 e. The molecule has 138 valence electrons. The van der Waals surface area contributed by atoms with Gasteiger partial charge in [0.25, 0.3) is 0 Å². The highest BCUT2D eigenvalue weighted by atomic mass is 32.2. The summed E-state index contributed by atoms with van der Waals surface area (Å²) in [6.07, 6.45) is 3.19. The maximum atomic E-state index is 13.0. The summed E-state index contributed by atoms with van der Waals surface area (Å²) in [5.74, 6) is 0.0621. The number of likely N-dealkylation sites (tertiary alicyclic amines) is 1. The average Bonchev–Trinajstić information content (AvgIpc) is 3.15. The van der Waals surface area contributed by atoms with Gasteiger partial charge in [0.1, 0.15) is 6.04 Å². The molecular weight excluding hydrogens is 350 g/mol. The second-order valence-electron chi connectivity index (χ2n) is 6.47. The lowest BCUT2D eigenvalue weighted by Gasteiger charge is -2.25. The van der Waals surface area contributed by atoms with Gasteiger partial charge in [0.05, 0.1) is 6.26 Å². The summed E-state index contributed by atoms with van der Waals surface area (Å²) in [7, 11) is -3.31. The predicted octanol–water partition coefficient (Wildman–Crippen LogP) is 2.83. The van der Waals surface area contributed by atoms with Crippen LogP contribution in [-0.4, -0.2) is 38.6 Å². The van der Waals surface area contributed by atoms with Gasteiger partial charge in [-0.1, -0.05) is 30.3 Å². The molecular formula is C19H23N3O3S. The van der Waals surface area contributed by atoms with Crippen molar-refractivity contribution in [2.24, 2.45) is 0 Å². The topological polar surface area (TPSA) is 78.5 Å². The van der Waals surface area contributed by atoms with Crippen LogP contribution < -0.4 is 10.0 Å². The van der Waals surface area contributed by atoms with Crippen molar-refractivity contribution in [3.8, 4) is 0 Å². The van der Waals surface area contributed by atoms with E-state index in [9.17, 15) is 13.2 Å². The smallest absolute Gasteiger partial charge is 0.249 e. The van der Waals surface area contributed by atoms with Gasteiger partial charge in [-0.2, -0.15) is 0 Å². The number of rotatable bonds is 6. The van der Waals surface area contributed by atoms with Crippen molar-refractivity contribution in [2.45, 2.75) is 18.9 Å². The molecule has 1 atom stereocenters. The Kier molecular flexibility index (Phi) is 5.46. The van der Waals surface area contributed by atoms with Gasteiger partial charge in [0.15, 0.2) is 0 Å². The number of nitrogens with one attached hydrogen (secondary N) is 2. The lowest BCUT2D eigenvalue weighted by atomic mass is 10.1. The number of hydrogen-bond acceptors (Lipinski definition) is 4. The van der Waals surface area contributed by atoms with E-state index in [2.05, 4.69) is 10.0 Å². The third kappa shape index (κ3) is 4.76. The number of hydrogen-bond donors (Lipinski definition) is 2. The minimum atomic E-state index is -3.31. The number of anilines is 2. The molecule has 6 nitrogen and oxygen atoms in total. The van der Waals surface area contributed by atoms with Crippen LogP contribution in [0.1, 0.15) is 24.4 Å². The highest BCUT2D eigenvalue weighted by molar-refractivity contribution is 7.92. The Balaban J connectivity index is 1.80. The van der Waals surface area contributed by atoms with E-state index in [1.807, 2.05) is 35.2 Å². The van der Waals surface area contributed by atoms with Gasteiger partial charge < -0.3 is 10.2 Å². The van der Waals surface area contributed by atoms with Crippen molar-refractivity contribution in [3.05, 3.63) is 60.2 Å². The highest BCUT2D eigenvalue weighted by Crippen LogP contribution is 2.25. The molecule has 2 aromatic carbocycles. The van der Waals surface area contributed by atoms with E-state index in [0.29, 0.717) is 5.69 Å². The first-order chi connectivity index (χ1) is 12.4. The molecule has 1 amide bonds. The Hall–Kier alpha value is -2.54. The Morgan fingerprint density at radius 3 is 2.12 bits per heavy atom. The number of amides is 1. The Bertz CT molecular complexity index is 845. The Morgan fingerprint density at radius 2 is 1.54 bits per heavy atom. The monoisotopic (exact) mass is 373 g/mol. The summed E-state index contributed by atoms with van der Waals surface area (Å²) < 4.78 is 25.0. The molecule has 0 spiro atoms. The summed E-state index contributed by atoms with van der Waals surface area (Å²) in [5, 5.41) is 3.29. The molecule has 0 aromatic heterocycles. The third-order valence-electron chi connectivity index (χ3n) is 4.30. The molecule has 26 heavy (non-hydrogen) atoms. The van der Waals surface area contributed by atoms with Gasteiger partial charge in [-0.3, -0.25) is 9.52 Å². The molecule has 0 radical (unpaired) electrons. The Morgan fingerprint density at radius 1 is 0.962 bits per heavy atom. The van der Waals surface area contributed by atoms with Crippen LogP contribution >= 0.6 is 0 Å². The van der Waals surface area contributed by atoms with Gasteiger partial charge in [0, 0.05) is 24.5 Å². The molecule has 1 aliphatic rings. The first kappa shape index (κ1) is 18.3. The van der Waals surface area contributed by atoms with E-state index in [0.717, 1.165) is 43.4 Å². The number of benzene rings is 2. The molecule has 0 saturated carbocycles. The lowest BCUT2D eigenvalue weighted by molar-refractivity contribution is -0.131. The fourth-order valence-electron chi connectivity index (χ4n) is 3.07. The molecule has 0 bridgehead atoms. The normalized spacial score (nSPS) is 15.5. The van der Waals surface area contributed by atoms with Crippen LogP contribution in [0, 0.1) is 0 Å². The maximum Gasteiger partial charge on any atom is 0.249 e. The molecule has 1 saturated heterocycles. The van der Waals surface area contributed by atoms with Gasteiger partial charge in [0.2, 0.25) is 15.9 Å². The molecule has 3 rings (SSSR count). The first-order valence-electron chi connectivity index (χ1n) is 8.60. The lowest BCUT2D eigenvalue weighted by Crippen LogP contribution is -2.36. The van der Waals surface area contributed by atoms with Gasteiger partial charge in [-0.15, -0.1) is 0 Å². The summed E-state index contributed by atoms with van der Waals surface area (Å²) in [5.41, 5.74) is 2.15. The first-order valence-corrected chi connectivity index (χ1v) is 10.5. The number of carbonyl (C=O) groups is 1. The van der Waals surface area contributed by atoms with Crippen LogP contribution in [0.4, 0.5) is 11.4 Å². The van der Waals surface area contributed by atoms with Crippen molar-refractivity contribution in [1.82, 2.24) is 4.90 Å². The summed E-state index contributed by atoms with van der Waals surface area (Å²) in [6.45, 7) is 1.59. The summed E-state index contributed by atoms with van der Waals surface area (Å²) in [6, 6.07) is 16.0. The zero-order valence-electron chi connectivity index (χ0n) is 14.7. The Labute approximate surface area is 154 Å². The maximum absolute atomic E-state index is 13.0. The van der Waals surface area contributed by atoms with Crippen LogP contribution in [0.3, 0.4) is 0 Å². The van der Waals surface area contributed by atoms with Crippen LogP contribution in [0.5, 0.6) is 0 Å². The fourth-order valence-corrected chi connectivity index (χ4v) is 3.63. The van der Waals surface area contributed by atoms with E-state index in [1.54, 1.807) is 24.3 Å². The largest absolute Gasteiger partial charge is 0.370 e. The molecule has 1 fully saturated rings. The molecule has 0 unspecified atom stereocenters. The predicted molar refractivity (Wildman–Crippen MR) is 104 cm³/mol. The molecule has 2 N–H and O–H groups in total. The quantitative estimate of drug-likeness (QED) is 0.816. The average molecular weight is 373 g/mol. The molecule has 7 heteroatoms. The van der Waals surface area contributed by atoms with Crippen molar-refractivity contribution in [1.29, 1.82) is 0 Å². The van der Waals surface area contributed by atoms with E-state index >= 15 is 0 Å². The fraction of sp³-hybridized carbons (Fsp3) is 0.316. The van der Waals surface area contributed by atoms with Crippen LogP contribution in [0.25, 0.3) is 0 Å².